The van der Waals surface area contributed by atoms with E-state index in [9.17, 15) is 5.11 Å². The monoisotopic (exact) mass is 334 g/mol. The Kier molecular flexibility index (Phi) is 4.39. The molecule has 0 spiro atoms. The zero-order valence-electron chi connectivity index (χ0n) is 11.4. The van der Waals surface area contributed by atoms with Gasteiger partial charge >= 0.3 is 0 Å². The maximum atomic E-state index is 10.3. The number of aliphatic hydroxyl groups excluding tert-OH is 1. The van der Waals surface area contributed by atoms with Crippen LogP contribution in [0.1, 0.15) is 37.4 Å². The molecule has 0 saturated carbocycles. The lowest BCUT2D eigenvalue weighted by atomic mass is 9.99. The van der Waals surface area contributed by atoms with Gasteiger partial charge in [0, 0.05) is 11.1 Å². The van der Waals surface area contributed by atoms with Gasteiger partial charge in [-0.3, -0.25) is 0 Å². The highest BCUT2D eigenvalue weighted by Crippen LogP contribution is 2.27. The third-order valence-corrected chi connectivity index (χ3v) is 4.49. The first-order valence-corrected chi connectivity index (χ1v) is 8.00. The Morgan fingerprint density at radius 1 is 1.20 bits per heavy atom. The molecule has 2 aromatic rings. The molecule has 1 fully saturated rings. The van der Waals surface area contributed by atoms with Gasteiger partial charge in [0.15, 0.2) is 0 Å². The Bertz CT molecular complexity index is 591. The standard InChI is InChI=1S/C17H19BrO2/c18-15-6-5-12-10-14(4-3-13(12)11-15)17(19)8-7-16-2-1-9-20-16/h3-6,10-11,16-17,19H,1-2,7-9H2. The van der Waals surface area contributed by atoms with Gasteiger partial charge in [0.05, 0.1) is 12.2 Å². The lowest BCUT2D eigenvalue weighted by Crippen LogP contribution is -2.07. The quantitative estimate of drug-likeness (QED) is 0.885. The highest BCUT2D eigenvalue weighted by molar-refractivity contribution is 9.10. The van der Waals surface area contributed by atoms with Gasteiger partial charge in [-0.25, -0.2) is 0 Å². The zero-order valence-corrected chi connectivity index (χ0v) is 13.0. The molecular formula is C17H19BrO2. The molecule has 1 saturated heterocycles. The molecule has 0 amide bonds. The van der Waals surface area contributed by atoms with Gasteiger partial charge in [-0.15, -0.1) is 0 Å². The average Bonchev–Trinajstić information content (AvgIpc) is 2.97. The van der Waals surface area contributed by atoms with Crippen LogP contribution < -0.4 is 0 Å². The fraction of sp³-hybridized carbons (Fsp3) is 0.412. The molecule has 1 aliphatic rings. The third-order valence-electron chi connectivity index (χ3n) is 4.00. The molecule has 0 radical (unpaired) electrons. The predicted octanol–water partition coefficient (Wildman–Crippen LogP) is 4.59. The van der Waals surface area contributed by atoms with Gasteiger partial charge < -0.3 is 9.84 Å². The molecule has 2 aromatic carbocycles. The van der Waals surface area contributed by atoms with Crippen molar-refractivity contribution in [2.24, 2.45) is 0 Å². The van der Waals surface area contributed by atoms with Crippen molar-refractivity contribution in [2.45, 2.75) is 37.9 Å². The molecule has 2 unspecified atom stereocenters. The number of rotatable bonds is 4. The molecule has 20 heavy (non-hydrogen) atoms. The molecule has 2 nitrogen and oxygen atoms in total. The summed E-state index contributed by atoms with van der Waals surface area (Å²) in [6.07, 6.45) is 3.96. The number of aliphatic hydroxyl groups is 1. The van der Waals surface area contributed by atoms with Gasteiger partial charge in [0.25, 0.3) is 0 Å². The SMILES string of the molecule is OC(CCC1CCCO1)c1ccc2cc(Br)ccc2c1. The Morgan fingerprint density at radius 3 is 2.80 bits per heavy atom. The van der Waals surface area contributed by atoms with Crippen LogP contribution in [0.25, 0.3) is 10.8 Å². The van der Waals surface area contributed by atoms with E-state index >= 15 is 0 Å². The van der Waals surface area contributed by atoms with Crippen molar-refractivity contribution in [2.75, 3.05) is 6.61 Å². The van der Waals surface area contributed by atoms with E-state index in [0.717, 1.165) is 42.3 Å². The van der Waals surface area contributed by atoms with Gasteiger partial charge in [-0.1, -0.05) is 34.1 Å². The Morgan fingerprint density at radius 2 is 2.00 bits per heavy atom. The largest absolute Gasteiger partial charge is 0.388 e. The van der Waals surface area contributed by atoms with E-state index in [1.54, 1.807) is 0 Å². The molecule has 1 aliphatic heterocycles. The van der Waals surface area contributed by atoms with E-state index in [4.69, 9.17) is 4.74 Å². The molecule has 2 atom stereocenters. The molecule has 3 rings (SSSR count). The van der Waals surface area contributed by atoms with Gasteiger partial charge in [-0.2, -0.15) is 0 Å². The summed E-state index contributed by atoms with van der Waals surface area (Å²) in [7, 11) is 0. The van der Waals surface area contributed by atoms with Crippen molar-refractivity contribution in [1.82, 2.24) is 0 Å². The highest BCUT2D eigenvalue weighted by atomic mass is 79.9. The molecule has 106 valence electrons. The van der Waals surface area contributed by atoms with Crippen LogP contribution in [-0.4, -0.2) is 17.8 Å². The second-order valence-corrected chi connectivity index (χ2v) is 6.39. The van der Waals surface area contributed by atoms with Crippen molar-refractivity contribution in [3.63, 3.8) is 0 Å². The molecule has 0 bridgehead atoms. The minimum atomic E-state index is -0.396. The van der Waals surface area contributed by atoms with Crippen LogP contribution in [0.4, 0.5) is 0 Å². The van der Waals surface area contributed by atoms with E-state index in [1.807, 2.05) is 12.1 Å². The van der Waals surface area contributed by atoms with Crippen LogP contribution in [-0.2, 0) is 4.74 Å². The Balaban J connectivity index is 1.70. The van der Waals surface area contributed by atoms with E-state index < -0.39 is 6.10 Å². The molecule has 1 N–H and O–H groups in total. The second kappa shape index (κ2) is 6.25. The van der Waals surface area contributed by atoms with Crippen LogP contribution in [0.5, 0.6) is 0 Å². The first-order valence-electron chi connectivity index (χ1n) is 7.21. The van der Waals surface area contributed by atoms with Crippen molar-refractivity contribution in [1.29, 1.82) is 0 Å². The van der Waals surface area contributed by atoms with E-state index in [1.165, 1.54) is 10.8 Å². The highest BCUT2D eigenvalue weighted by Gasteiger charge is 2.17. The van der Waals surface area contributed by atoms with Crippen LogP contribution in [0.2, 0.25) is 0 Å². The molecular weight excluding hydrogens is 316 g/mol. The smallest absolute Gasteiger partial charge is 0.0791 e. The van der Waals surface area contributed by atoms with E-state index in [0.29, 0.717) is 6.10 Å². The minimum absolute atomic E-state index is 0.348. The maximum absolute atomic E-state index is 10.3. The summed E-state index contributed by atoms with van der Waals surface area (Å²) in [5.74, 6) is 0. The fourth-order valence-corrected chi connectivity index (χ4v) is 3.20. The first-order chi connectivity index (χ1) is 9.72. The van der Waals surface area contributed by atoms with E-state index in [-0.39, 0.29) is 0 Å². The van der Waals surface area contributed by atoms with Gasteiger partial charge in [-0.05, 0) is 60.2 Å². The van der Waals surface area contributed by atoms with Crippen LogP contribution in [0.15, 0.2) is 40.9 Å². The average molecular weight is 335 g/mol. The Hall–Kier alpha value is -0.900. The van der Waals surface area contributed by atoms with E-state index in [2.05, 4.69) is 40.2 Å². The lowest BCUT2D eigenvalue weighted by Gasteiger charge is -2.15. The van der Waals surface area contributed by atoms with Gasteiger partial charge in [0.2, 0.25) is 0 Å². The summed E-state index contributed by atoms with van der Waals surface area (Å²) >= 11 is 3.48. The number of hydrogen-bond acceptors (Lipinski definition) is 2. The summed E-state index contributed by atoms with van der Waals surface area (Å²) in [6, 6.07) is 12.4. The normalized spacial score (nSPS) is 20.4. The maximum Gasteiger partial charge on any atom is 0.0791 e. The van der Waals surface area contributed by atoms with Crippen molar-refractivity contribution in [3.8, 4) is 0 Å². The Labute approximate surface area is 127 Å². The van der Waals surface area contributed by atoms with Gasteiger partial charge in [0.1, 0.15) is 0 Å². The van der Waals surface area contributed by atoms with Crippen molar-refractivity contribution < 1.29 is 9.84 Å². The number of benzene rings is 2. The minimum Gasteiger partial charge on any atom is -0.388 e. The molecule has 1 heterocycles. The summed E-state index contributed by atoms with van der Waals surface area (Å²) < 4.78 is 6.69. The summed E-state index contributed by atoms with van der Waals surface area (Å²) in [6.45, 7) is 0.881. The summed E-state index contributed by atoms with van der Waals surface area (Å²) in [5.41, 5.74) is 0.998. The van der Waals surface area contributed by atoms with Crippen LogP contribution in [0.3, 0.4) is 0 Å². The second-order valence-electron chi connectivity index (χ2n) is 5.48. The zero-order chi connectivity index (χ0) is 13.9. The van der Waals surface area contributed by atoms with Crippen LogP contribution in [0, 0.1) is 0 Å². The van der Waals surface area contributed by atoms with Crippen molar-refractivity contribution in [3.05, 3.63) is 46.4 Å². The van der Waals surface area contributed by atoms with Crippen LogP contribution >= 0.6 is 15.9 Å². The lowest BCUT2D eigenvalue weighted by molar-refractivity contribution is 0.0812. The fourth-order valence-electron chi connectivity index (χ4n) is 2.82. The summed E-state index contributed by atoms with van der Waals surface area (Å²) in [4.78, 5) is 0. The molecule has 0 aliphatic carbocycles. The molecule has 0 aromatic heterocycles. The first kappa shape index (κ1) is 14.1. The topological polar surface area (TPSA) is 29.5 Å². The predicted molar refractivity (Wildman–Crippen MR) is 84.8 cm³/mol. The number of ether oxygens (including phenoxy) is 1. The number of halogens is 1. The van der Waals surface area contributed by atoms with Crippen molar-refractivity contribution >= 4 is 26.7 Å². The third kappa shape index (κ3) is 3.22. The molecule has 3 heteroatoms. The summed E-state index contributed by atoms with van der Waals surface area (Å²) in [5, 5.41) is 12.7. The number of hydrogen-bond donors (Lipinski definition) is 1. The number of fused-ring (bicyclic) bond motifs is 1.